The van der Waals surface area contributed by atoms with Gasteiger partial charge in [-0.15, -0.1) is 11.3 Å². The zero-order valence-corrected chi connectivity index (χ0v) is 26.4. The quantitative estimate of drug-likeness (QED) is 0.132. The van der Waals surface area contributed by atoms with E-state index in [1.807, 2.05) is 6.07 Å². The Hall–Kier alpha value is -4.09. The highest BCUT2D eigenvalue weighted by atomic mass is 32.1. The first kappa shape index (κ1) is 30.4. The third kappa shape index (κ3) is 8.95. The van der Waals surface area contributed by atoms with Crippen LogP contribution in [-0.4, -0.2) is 18.1 Å². The van der Waals surface area contributed by atoms with Gasteiger partial charge in [-0.2, -0.15) is 0 Å². The largest absolute Gasteiger partial charge is 0.493 e. The van der Waals surface area contributed by atoms with Crippen LogP contribution in [0.25, 0.3) is 11.3 Å². The fourth-order valence-corrected chi connectivity index (χ4v) is 5.92. The molecule has 4 aromatic carbocycles. The molecule has 0 unspecified atom stereocenters. The Kier molecular flexibility index (Phi) is 10.9. The Balaban J connectivity index is 1.39. The lowest BCUT2D eigenvalue weighted by molar-refractivity contribution is 0.268. The Morgan fingerprint density at radius 1 is 0.814 bits per heavy atom. The molecular weight excluding hydrogens is 547 g/mol. The minimum Gasteiger partial charge on any atom is -0.493 e. The summed E-state index contributed by atoms with van der Waals surface area (Å²) >= 11 is 1.71. The van der Waals surface area contributed by atoms with Gasteiger partial charge in [0.15, 0.2) is 5.13 Å². The average molecular weight is 590 g/mol. The van der Waals surface area contributed by atoms with E-state index in [-0.39, 0.29) is 0 Å². The highest BCUT2D eigenvalue weighted by Crippen LogP contribution is 2.31. The van der Waals surface area contributed by atoms with E-state index in [9.17, 15) is 0 Å². The van der Waals surface area contributed by atoms with Gasteiger partial charge >= 0.3 is 0 Å². The van der Waals surface area contributed by atoms with E-state index >= 15 is 0 Å². The molecule has 0 bridgehead atoms. The van der Waals surface area contributed by atoms with Crippen LogP contribution in [0.5, 0.6) is 5.75 Å². The van der Waals surface area contributed by atoms with E-state index in [0.717, 1.165) is 66.7 Å². The average Bonchev–Trinajstić information content (AvgIpc) is 3.54. The Bertz CT molecular complexity index is 1530. The van der Waals surface area contributed by atoms with Crippen LogP contribution in [0.4, 0.5) is 10.8 Å². The summed E-state index contributed by atoms with van der Waals surface area (Å²) in [4.78, 5) is 7.51. The van der Waals surface area contributed by atoms with Crippen LogP contribution < -0.4 is 15.0 Å². The molecule has 0 saturated carbocycles. The monoisotopic (exact) mass is 589 g/mol. The molecule has 0 aliphatic heterocycles. The van der Waals surface area contributed by atoms with Crippen molar-refractivity contribution >= 4 is 22.2 Å². The summed E-state index contributed by atoms with van der Waals surface area (Å²) in [5.41, 5.74) is 8.43. The summed E-state index contributed by atoms with van der Waals surface area (Å²) in [5, 5.41) is 6.81. The van der Waals surface area contributed by atoms with Crippen LogP contribution in [0.1, 0.15) is 49.4 Å². The topological polar surface area (TPSA) is 37.4 Å². The second kappa shape index (κ2) is 15.4. The van der Waals surface area contributed by atoms with E-state index in [1.165, 1.54) is 22.3 Å². The third-order valence-corrected chi connectivity index (χ3v) is 8.29. The number of thiazole rings is 1. The lowest BCUT2D eigenvalue weighted by Gasteiger charge is -2.24. The van der Waals surface area contributed by atoms with Crippen molar-refractivity contribution in [2.45, 2.75) is 53.1 Å². The normalized spacial score (nSPS) is 11.1. The van der Waals surface area contributed by atoms with Gasteiger partial charge in [0.05, 0.1) is 12.3 Å². The number of anilines is 2. The molecule has 0 spiro atoms. The summed E-state index contributed by atoms with van der Waals surface area (Å²) in [6.45, 7) is 9.63. The molecular formula is C38H43N3OS. The molecule has 222 valence electrons. The molecule has 4 nitrogen and oxygen atoms in total. The highest BCUT2D eigenvalue weighted by Gasteiger charge is 2.17. The Labute approximate surface area is 261 Å². The standard InChI is InChI=1S/C38H43N3OS/c1-4-11-30-16-19-35(20-17-30)39-25-32-18-21-37(42-27-29(2)3)34(24-32)26-41(23-22-31-12-7-5-8-13-31)38-40-36(28-43-38)33-14-9-6-10-15-33/h5-10,12-21,24,28-29,39H,4,11,22-23,25-27H2,1-3H3. The van der Waals surface area contributed by atoms with Gasteiger partial charge < -0.3 is 15.0 Å². The van der Waals surface area contributed by atoms with E-state index in [4.69, 9.17) is 9.72 Å². The van der Waals surface area contributed by atoms with Crippen LogP contribution in [0.15, 0.2) is 109 Å². The summed E-state index contributed by atoms with van der Waals surface area (Å²) in [6, 6.07) is 36.6. The number of benzene rings is 4. The van der Waals surface area contributed by atoms with Crippen molar-refractivity contribution in [1.82, 2.24) is 4.98 Å². The number of nitrogens with one attached hydrogen (secondary N) is 1. The van der Waals surface area contributed by atoms with Crippen molar-refractivity contribution < 1.29 is 4.74 Å². The van der Waals surface area contributed by atoms with E-state index in [0.29, 0.717) is 12.5 Å². The number of rotatable bonds is 15. The fraction of sp³-hybridized carbons (Fsp3) is 0.289. The molecule has 0 fully saturated rings. The molecule has 0 aliphatic carbocycles. The van der Waals surface area contributed by atoms with E-state index in [2.05, 4.69) is 133 Å². The number of ether oxygens (including phenoxy) is 1. The second-order valence-corrected chi connectivity index (χ2v) is 12.3. The zero-order valence-electron chi connectivity index (χ0n) is 25.6. The maximum atomic E-state index is 6.36. The summed E-state index contributed by atoms with van der Waals surface area (Å²) in [6.07, 6.45) is 3.23. The maximum absolute atomic E-state index is 6.36. The van der Waals surface area contributed by atoms with Gasteiger partial charge in [0.2, 0.25) is 0 Å². The van der Waals surface area contributed by atoms with Crippen LogP contribution in [0, 0.1) is 5.92 Å². The summed E-state index contributed by atoms with van der Waals surface area (Å²) < 4.78 is 6.36. The lowest BCUT2D eigenvalue weighted by Crippen LogP contribution is -2.26. The van der Waals surface area contributed by atoms with Gasteiger partial charge in [0.25, 0.3) is 0 Å². The first-order chi connectivity index (χ1) is 21.1. The number of aryl methyl sites for hydroxylation is 1. The Morgan fingerprint density at radius 2 is 1.51 bits per heavy atom. The molecule has 0 atom stereocenters. The first-order valence-electron chi connectivity index (χ1n) is 15.4. The van der Waals surface area contributed by atoms with E-state index < -0.39 is 0 Å². The van der Waals surface area contributed by atoms with Gasteiger partial charge in [0, 0.05) is 41.8 Å². The minimum atomic E-state index is 0.450. The number of hydrogen-bond acceptors (Lipinski definition) is 5. The van der Waals surface area contributed by atoms with Crippen molar-refractivity contribution in [1.29, 1.82) is 0 Å². The fourth-order valence-electron chi connectivity index (χ4n) is 5.05. The van der Waals surface area contributed by atoms with Crippen LogP contribution in [-0.2, 0) is 25.9 Å². The van der Waals surface area contributed by atoms with Crippen molar-refractivity contribution in [3.05, 3.63) is 131 Å². The molecule has 5 heteroatoms. The first-order valence-corrected chi connectivity index (χ1v) is 16.3. The molecule has 43 heavy (non-hydrogen) atoms. The second-order valence-electron chi connectivity index (χ2n) is 11.5. The summed E-state index contributed by atoms with van der Waals surface area (Å²) in [5.74, 6) is 1.40. The Morgan fingerprint density at radius 3 is 2.23 bits per heavy atom. The third-order valence-electron chi connectivity index (χ3n) is 7.39. The molecule has 5 aromatic rings. The predicted molar refractivity (Wildman–Crippen MR) is 183 cm³/mol. The molecule has 1 heterocycles. The molecule has 1 N–H and O–H groups in total. The SMILES string of the molecule is CCCc1ccc(NCc2ccc(OCC(C)C)c(CN(CCc3ccccc3)c3nc(-c4ccccc4)cs3)c2)cc1. The minimum absolute atomic E-state index is 0.450. The number of aromatic nitrogens is 1. The van der Waals surface area contributed by atoms with Gasteiger partial charge in [-0.1, -0.05) is 106 Å². The van der Waals surface area contributed by atoms with Gasteiger partial charge in [-0.3, -0.25) is 0 Å². The summed E-state index contributed by atoms with van der Waals surface area (Å²) in [7, 11) is 0. The van der Waals surface area contributed by atoms with Crippen molar-refractivity contribution in [2.75, 3.05) is 23.4 Å². The predicted octanol–water partition coefficient (Wildman–Crippen LogP) is 9.66. The van der Waals surface area contributed by atoms with Crippen LogP contribution in [0.3, 0.4) is 0 Å². The van der Waals surface area contributed by atoms with Crippen molar-refractivity contribution in [2.24, 2.45) is 5.92 Å². The molecule has 0 amide bonds. The maximum Gasteiger partial charge on any atom is 0.186 e. The van der Waals surface area contributed by atoms with Crippen molar-refractivity contribution in [3.8, 4) is 17.0 Å². The van der Waals surface area contributed by atoms with Crippen LogP contribution in [0.2, 0.25) is 0 Å². The van der Waals surface area contributed by atoms with Gasteiger partial charge in [-0.05, 0) is 59.7 Å². The molecule has 0 aliphatic rings. The highest BCUT2D eigenvalue weighted by molar-refractivity contribution is 7.14. The lowest BCUT2D eigenvalue weighted by atomic mass is 10.1. The van der Waals surface area contributed by atoms with Gasteiger partial charge in [-0.25, -0.2) is 4.98 Å². The van der Waals surface area contributed by atoms with E-state index in [1.54, 1.807) is 11.3 Å². The number of nitrogens with zero attached hydrogens (tertiary/aromatic N) is 2. The molecule has 5 rings (SSSR count). The molecule has 0 radical (unpaired) electrons. The van der Waals surface area contributed by atoms with Crippen molar-refractivity contribution in [3.63, 3.8) is 0 Å². The molecule has 1 aromatic heterocycles. The van der Waals surface area contributed by atoms with Gasteiger partial charge in [0.1, 0.15) is 5.75 Å². The smallest absolute Gasteiger partial charge is 0.186 e. The van der Waals surface area contributed by atoms with Crippen LogP contribution >= 0.6 is 11.3 Å². The molecule has 0 saturated heterocycles. The number of hydrogen-bond donors (Lipinski definition) is 1. The zero-order chi connectivity index (χ0) is 29.9.